The van der Waals surface area contributed by atoms with Crippen molar-refractivity contribution in [3.63, 3.8) is 0 Å². The summed E-state index contributed by atoms with van der Waals surface area (Å²) in [7, 11) is 1.56. The van der Waals surface area contributed by atoms with E-state index < -0.39 is 12.7 Å². The Morgan fingerprint density at radius 2 is 1.76 bits per heavy atom. The molecule has 2 nitrogen and oxygen atoms in total. The number of hydrogen-bond acceptors (Lipinski definition) is 2. The molecule has 2 bridgehead atoms. The van der Waals surface area contributed by atoms with Gasteiger partial charge in [-0.3, -0.25) is 4.90 Å². The second-order valence-electron chi connectivity index (χ2n) is 5.62. The van der Waals surface area contributed by atoms with Crippen molar-refractivity contribution in [3.8, 4) is 0 Å². The fourth-order valence-electron chi connectivity index (χ4n) is 3.20. The van der Waals surface area contributed by atoms with Gasteiger partial charge in [0.05, 0.1) is 6.54 Å². The van der Waals surface area contributed by atoms with Crippen LogP contribution in [0.2, 0.25) is 0 Å². The van der Waals surface area contributed by atoms with Crippen molar-refractivity contribution in [2.45, 2.75) is 50.4 Å². The van der Waals surface area contributed by atoms with E-state index in [0.29, 0.717) is 24.5 Å². The van der Waals surface area contributed by atoms with Gasteiger partial charge in [-0.2, -0.15) is 13.2 Å². The van der Waals surface area contributed by atoms with E-state index in [9.17, 15) is 13.2 Å². The molecule has 5 heteroatoms. The Kier molecular flexibility index (Phi) is 3.98. The zero-order valence-electron chi connectivity index (χ0n) is 10.3. The Labute approximate surface area is 101 Å². The summed E-state index contributed by atoms with van der Waals surface area (Å²) in [5, 5.41) is 3.55. The van der Waals surface area contributed by atoms with Crippen LogP contribution in [0.4, 0.5) is 13.2 Å². The standard InChI is InChI=1S/C12H21F3N2/c1-17(8-12(13,14)15)5-4-9-6-10-2-3-11(7-9)16-10/h9-11,16H,2-8H2,1H3. The lowest BCUT2D eigenvalue weighted by molar-refractivity contribution is -0.143. The first-order valence-electron chi connectivity index (χ1n) is 6.44. The van der Waals surface area contributed by atoms with Gasteiger partial charge in [-0.05, 0) is 51.6 Å². The van der Waals surface area contributed by atoms with Crippen molar-refractivity contribution >= 4 is 0 Å². The number of nitrogens with zero attached hydrogens (tertiary/aromatic N) is 1. The van der Waals surface area contributed by atoms with Crippen LogP contribution in [-0.2, 0) is 0 Å². The highest BCUT2D eigenvalue weighted by Crippen LogP contribution is 2.32. The number of hydrogen-bond donors (Lipinski definition) is 1. The van der Waals surface area contributed by atoms with E-state index in [2.05, 4.69) is 5.32 Å². The molecule has 0 amide bonds. The predicted octanol–water partition coefficient (Wildman–Crippen LogP) is 2.40. The van der Waals surface area contributed by atoms with Gasteiger partial charge in [0, 0.05) is 12.1 Å². The lowest BCUT2D eigenvalue weighted by Crippen LogP contribution is -2.39. The van der Waals surface area contributed by atoms with Crippen LogP contribution in [0.15, 0.2) is 0 Å². The summed E-state index contributed by atoms with van der Waals surface area (Å²) < 4.78 is 36.5. The quantitative estimate of drug-likeness (QED) is 0.824. The average molecular weight is 250 g/mol. The number of fused-ring (bicyclic) bond motifs is 2. The lowest BCUT2D eigenvalue weighted by Gasteiger charge is -2.30. The minimum absolute atomic E-state index is 0.559. The number of alkyl halides is 3. The van der Waals surface area contributed by atoms with E-state index in [1.807, 2.05) is 0 Å². The van der Waals surface area contributed by atoms with E-state index in [1.165, 1.54) is 17.7 Å². The van der Waals surface area contributed by atoms with Gasteiger partial charge in [0.25, 0.3) is 0 Å². The van der Waals surface area contributed by atoms with Crippen molar-refractivity contribution in [1.29, 1.82) is 0 Å². The molecule has 0 radical (unpaired) electrons. The van der Waals surface area contributed by atoms with Crippen LogP contribution in [0.3, 0.4) is 0 Å². The molecular formula is C12H21F3N2. The summed E-state index contributed by atoms with van der Waals surface area (Å²) in [5.41, 5.74) is 0. The van der Waals surface area contributed by atoms with Crippen LogP contribution < -0.4 is 5.32 Å². The van der Waals surface area contributed by atoms with E-state index >= 15 is 0 Å². The largest absolute Gasteiger partial charge is 0.401 e. The van der Waals surface area contributed by atoms with Crippen molar-refractivity contribution < 1.29 is 13.2 Å². The minimum atomic E-state index is -4.07. The summed E-state index contributed by atoms with van der Waals surface area (Å²) >= 11 is 0. The molecule has 2 aliphatic rings. The molecule has 17 heavy (non-hydrogen) atoms. The van der Waals surface area contributed by atoms with Gasteiger partial charge in [-0.25, -0.2) is 0 Å². The number of piperidine rings is 1. The molecule has 2 aliphatic heterocycles. The second kappa shape index (κ2) is 5.14. The summed E-state index contributed by atoms with van der Waals surface area (Å²) in [6.07, 6.45) is 1.63. The first-order valence-corrected chi connectivity index (χ1v) is 6.44. The molecule has 2 heterocycles. The Hall–Kier alpha value is -0.290. The molecule has 0 aromatic heterocycles. The molecule has 100 valence electrons. The molecule has 0 spiro atoms. The Balaban J connectivity index is 1.68. The van der Waals surface area contributed by atoms with Crippen molar-refractivity contribution in [2.24, 2.45) is 5.92 Å². The molecule has 0 aromatic carbocycles. The molecule has 1 N–H and O–H groups in total. The smallest absolute Gasteiger partial charge is 0.311 e. The molecule has 0 aromatic rings. The minimum Gasteiger partial charge on any atom is -0.311 e. The van der Waals surface area contributed by atoms with Crippen LogP contribution in [-0.4, -0.2) is 43.3 Å². The summed E-state index contributed by atoms with van der Waals surface area (Å²) in [6.45, 7) is -0.228. The number of nitrogens with one attached hydrogen (secondary N) is 1. The van der Waals surface area contributed by atoms with Crippen molar-refractivity contribution in [2.75, 3.05) is 20.1 Å². The van der Waals surface area contributed by atoms with Gasteiger partial charge in [-0.15, -0.1) is 0 Å². The van der Waals surface area contributed by atoms with E-state index in [-0.39, 0.29) is 0 Å². The maximum absolute atomic E-state index is 12.2. The molecule has 2 fully saturated rings. The van der Waals surface area contributed by atoms with Gasteiger partial charge in [0.2, 0.25) is 0 Å². The third-order valence-corrected chi connectivity index (χ3v) is 3.94. The molecule has 0 aliphatic carbocycles. The van der Waals surface area contributed by atoms with E-state index in [4.69, 9.17) is 0 Å². The SMILES string of the molecule is CN(CCC1CC2CCC(C1)N2)CC(F)(F)F. The summed E-state index contributed by atoms with van der Waals surface area (Å²) in [5.74, 6) is 0.615. The van der Waals surface area contributed by atoms with Gasteiger partial charge >= 0.3 is 6.18 Å². The first-order chi connectivity index (χ1) is 7.92. The molecular weight excluding hydrogens is 229 g/mol. The molecule has 2 rings (SSSR count). The topological polar surface area (TPSA) is 15.3 Å². The molecule has 2 unspecified atom stereocenters. The number of rotatable bonds is 4. The maximum Gasteiger partial charge on any atom is 0.401 e. The van der Waals surface area contributed by atoms with Crippen LogP contribution >= 0.6 is 0 Å². The van der Waals surface area contributed by atoms with Crippen LogP contribution in [0.25, 0.3) is 0 Å². The Morgan fingerprint density at radius 3 is 2.29 bits per heavy atom. The third kappa shape index (κ3) is 4.14. The predicted molar refractivity (Wildman–Crippen MR) is 60.8 cm³/mol. The average Bonchev–Trinajstić information content (AvgIpc) is 2.53. The second-order valence-corrected chi connectivity index (χ2v) is 5.62. The number of halogens is 3. The van der Waals surface area contributed by atoms with Crippen LogP contribution in [0, 0.1) is 5.92 Å². The first kappa shape index (κ1) is 13.1. The van der Waals surface area contributed by atoms with Gasteiger partial charge in [0.1, 0.15) is 0 Å². The third-order valence-electron chi connectivity index (χ3n) is 3.94. The molecule has 2 saturated heterocycles. The van der Waals surface area contributed by atoms with Crippen LogP contribution in [0.5, 0.6) is 0 Å². The van der Waals surface area contributed by atoms with E-state index in [0.717, 1.165) is 19.3 Å². The summed E-state index contributed by atoms with van der Waals surface area (Å²) in [4.78, 5) is 1.39. The fraction of sp³-hybridized carbons (Fsp3) is 1.00. The Bertz CT molecular complexity index is 243. The normalized spacial score (nSPS) is 33.4. The fourth-order valence-corrected chi connectivity index (χ4v) is 3.20. The zero-order chi connectivity index (χ0) is 12.5. The van der Waals surface area contributed by atoms with Crippen molar-refractivity contribution in [3.05, 3.63) is 0 Å². The summed E-state index contributed by atoms with van der Waals surface area (Å²) in [6, 6.07) is 1.26. The molecule has 0 saturated carbocycles. The monoisotopic (exact) mass is 250 g/mol. The van der Waals surface area contributed by atoms with Gasteiger partial charge in [-0.1, -0.05) is 0 Å². The maximum atomic E-state index is 12.2. The van der Waals surface area contributed by atoms with Gasteiger partial charge in [0.15, 0.2) is 0 Å². The highest BCUT2D eigenvalue weighted by molar-refractivity contribution is 4.92. The van der Waals surface area contributed by atoms with E-state index in [1.54, 1.807) is 7.05 Å². The zero-order valence-corrected chi connectivity index (χ0v) is 10.3. The van der Waals surface area contributed by atoms with Gasteiger partial charge < -0.3 is 5.32 Å². The highest BCUT2D eigenvalue weighted by atomic mass is 19.4. The van der Waals surface area contributed by atoms with Crippen molar-refractivity contribution in [1.82, 2.24) is 10.2 Å². The van der Waals surface area contributed by atoms with Crippen LogP contribution in [0.1, 0.15) is 32.1 Å². The molecule has 2 atom stereocenters. The highest BCUT2D eigenvalue weighted by Gasteiger charge is 2.34. The lowest BCUT2D eigenvalue weighted by atomic mass is 9.89. The Morgan fingerprint density at radius 1 is 1.18 bits per heavy atom.